The first-order valence-corrected chi connectivity index (χ1v) is 7.47. The van der Waals surface area contributed by atoms with Gasteiger partial charge in [-0.3, -0.25) is 0 Å². The quantitative estimate of drug-likeness (QED) is 0.660. The van der Waals surface area contributed by atoms with Gasteiger partial charge in [-0.25, -0.2) is 0 Å². The highest BCUT2D eigenvalue weighted by Gasteiger charge is 2.04. The van der Waals surface area contributed by atoms with Gasteiger partial charge in [0, 0.05) is 20.2 Å². The fourth-order valence-electron chi connectivity index (χ4n) is 1.52. The third kappa shape index (κ3) is 3.52. The molecule has 0 saturated carbocycles. The van der Waals surface area contributed by atoms with E-state index in [9.17, 15) is 5.11 Å². The first-order chi connectivity index (χ1) is 8.56. The highest BCUT2D eigenvalue weighted by molar-refractivity contribution is 14.1. The molecule has 0 atom stereocenters. The number of anilines is 1. The van der Waals surface area contributed by atoms with E-state index in [0.717, 1.165) is 19.3 Å². The fraction of sp³-hybridized carbons (Fsp3) is 0.0769. The summed E-state index contributed by atoms with van der Waals surface area (Å²) in [4.78, 5) is 0. The summed E-state index contributed by atoms with van der Waals surface area (Å²) in [5.74, 6) is 0.271. The van der Waals surface area contributed by atoms with Crippen molar-refractivity contribution in [1.29, 1.82) is 0 Å². The van der Waals surface area contributed by atoms with Crippen molar-refractivity contribution in [3.63, 3.8) is 0 Å². The summed E-state index contributed by atoms with van der Waals surface area (Å²) < 4.78 is 2.03. The lowest BCUT2D eigenvalue weighted by Crippen LogP contribution is -2.00. The van der Waals surface area contributed by atoms with Crippen LogP contribution in [0, 0.1) is 3.57 Å². The summed E-state index contributed by atoms with van der Waals surface area (Å²) in [6.45, 7) is 0.519. The normalized spacial score (nSPS) is 10.4. The van der Waals surface area contributed by atoms with Crippen LogP contribution < -0.4 is 5.32 Å². The molecule has 2 N–H and O–H groups in total. The third-order valence-corrected chi connectivity index (χ3v) is 3.92. The number of aromatic hydroxyl groups is 1. The fourth-order valence-corrected chi connectivity index (χ4v) is 2.85. The lowest BCUT2D eigenvalue weighted by Gasteiger charge is -2.10. The van der Waals surface area contributed by atoms with Gasteiger partial charge in [-0.2, -0.15) is 0 Å². The van der Waals surface area contributed by atoms with E-state index in [1.807, 2.05) is 24.3 Å². The van der Waals surface area contributed by atoms with Gasteiger partial charge in [-0.05, 0) is 59.0 Å². The molecule has 2 aromatic carbocycles. The number of phenolic OH excluding ortho intramolecular Hbond substituents is 1. The molecule has 0 fully saturated rings. The molecule has 5 heteroatoms. The first kappa shape index (κ1) is 14.0. The number of hydrogen-bond donors (Lipinski definition) is 2. The summed E-state index contributed by atoms with van der Waals surface area (Å²) in [6, 6.07) is 11.1. The maximum Gasteiger partial charge on any atom is 0.120 e. The average Bonchev–Trinajstić information content (AvgIpc) is 2.32. The van der Waals surface area contributed by atoms with Gasteiger partial charge in [-0.1, -0.05) is 27.5 Å². The van der Waals surface area contributed by atoms with Crippen LogP contribution in [0.2, 0.25) is 5.02 Å². The second-order valence-electron chi connectivity index (χ2n) is 3.75. The molecule has 0 radical (unpaired) electrons. The molecular weight excluding hydrogens is 428 g/mol. The van der Waals surface area contributed by atoms with Crippen LogP contribution in [-0.4, -0.2) is 5.11 Å². The molecule has 0 aromatic heterocycles. The van der Waals surface area contributed by atoms with E-state index in [4.69, 9.17) is 11.6 Å². The van der Waals surface area contributed by atoms with Gasteiger partial charge < -0.3 is 10.4 Å². The highest BCUT2D eigenvalue weighted by Crippen LogP contribution is 2.26. The van der Waals surface area contributed by atoms with Crippen molar-refractivity contribution < 1.29 is 5.11 Å². The summed E-state index contributed by atoms with van der Waals surface area (Å²) in [5.41, 5.74) is 1.68. The Labute approximate surface area is 133 Å². The molecule has 2 rings (SSSR count). The van der Waals surface area contributed by atoms with Gasteiger partial charge in [0.25, 0.3) is 0 Å². The van der Waals surface area contributed by atoms with Crippen molar-refractivity contribution in [2.75, 3.05) is 5.32 Å². The van der Waals surface area contributed by atoms with Crippen molar-refractivity contribution in [1.82, 2.24) is 0 Å². The Balaban J connectivity index is 2.13. The van der Waals surface area contributed by atoms with Crippen molar-refractivity contribution >= 4 is 55.8 Å². The standard InChI is InChI=1S/C13H10BrClINO/c14-9-1-4-13(18)8(5-9)7-17-12-3-2-10(16)6-11(12)15/h1-6,17-18H,7H2. The molecule has 18 heavy (non-hydrogen) atoms. The minimum atomic E-state index is 0.271. The van der Waals surface area contributed by atoms with E-state index in [-0.39, 0.29) is 5.75 Å². The number of rotatable bonds is 3. The average molecular weight is 438 g/mol. The van der Waals surface area contributed by atoms with Crippen molar-refractivity contribution in [2.24, 2.45) is 0 Å². The Morgan fingerprint density at radius 3 is 2.72 bits per heavy atom. The van der Waals surface area contributed by atoms with Crippen LogP contribution in [0.15, 0.2) is 40.9 Å². The molecule has 0 aliphatic rings. The Hall–Kier alpha value is -0.460. The maximum atomic E-state index is 9.73. The van der Waals surface area contributed by atoms with E-state index < -0.39 is 0 Å². The van der Waals surface area contributed by atoms with Gasteiger partial charge in [-0.15, -0.1) is 0 Å². The molecular formula is C13H10BrClINO. The topological polar surface area (TPSA) is 32.3 Å². The Kier molecular flexibility index (Phi) is 4.75. The largest absolute Gasteiger partial charge is 0.508 e. The zero-order chi connectivity index (χ0) is 13.1. The second-order valence-corrected chi connectivity index (χ2v) is 6.32. The van der Waals surface area contributed by atoms with Crippen molar-refractivity contribution in [2.45, 2.75) is 6.54 Å². The molecule has 0 unspecified atom stereocenters. The number of benzene rings is 2. The summed E-state index contributed by atoms with van der Waals surface area (Å²) >= 11 is 11.7. The van der Waals surface area contributed by atoms with Crippen LogP contribution in [0.5, 0.6) is 5.75 Å². The number of nitrogens with one attached hydrogen (secondary N) is 1. The van der Waals surface area contributed by atoms with E-state index in [2.05, 4.69) is 43.8 Å². The minimum absolute atomic E-state index is 0.271. The minimum Gasteiger partial charge on any atom is -0.508 e. The van der Waals surface area contributed by atoms with E-state index in [1.54, 1.807) is 12.1 Å². The Morgan fingerprint density at radius 2 is 2.00 bits per heavy atom. The van der Waals surface area contributed by atoms with Crippen LogP contribution in [0.25, 0.3) is 0 Å². The van der Waals surface area contributed by atoms with E-state index in [0.29, 0.717) is 11.6 Å². The summed E-state index contributed by atoms with van der Waals surface area (Å²) in [7, 11) is 0. The number of phenols is 1. The zero-order valence-electron chi connectivity index (χ0n) is 9.25. The maximum absolute atomic E-state index is 9.73. The van der Waals surface area contributed by atoms with E-state index >= 15 is 0 Å². The molecule has 2 aromatic rings. The summed E-state index contributed by atoms with van der Waals surface area (Å²) in [6.07, 6.45) is 0. The zero-order valence-corrected chi connectivity index (χ0v) is 13.8. The third-order valence-electron chi connectivity index (χ3n) is 2.44. The first-order valence-electron chi connectivity index (χ1n) is 5.22. The monoisotopic (exact) mass is 437 g/mol. The molecule has 0 heterocycles. The molecule has 0 aliphatic carbocycles. The molecule has 2 nitrogen and oxygen atoms in total. The van der Waals surface area contributed by atoms with Gasteiger partial charge in [0.2, 0.25) is 0 Å². The van der Waals surface area contributed by atoms with Crippen molar-refractivity contribution in [3.8, 4) is 5.75 Å². The molecule has 0 aliphatic heterocycles. The SMILES string of the molecule is Oc1ccc(Br)cc1CNc1ccc(I)cc1Cl. The number of hydrogen-bond acceptors (Lipinski definition) is 2. The predicted octanol–water partition coefficient (Wildman–Crippen LogP) is 5.02. The van der Waals surface area contributed by atoms with Crippen molar-refractivity contribution in [3.05, 3.63) is 55.0 Å². The second kappa shape index (κ2) is 6.12. The lowest BCUT2D eigenvalue weighted by molar-refractivity contribution is 0.469. The van der Waals surface area contributed by atoms with Crippen LogP contribution in [-0.2, 0) is 6.54 Å². The highest BCUT2D eigenvalue weighted by atomic mass is 127. The van der Waals surface area contributed by atoms with Gasteiger partial charge in [0.15, 0.2) is 0 Å². The summed E-state index contributed by atoms with van der Waals surface area (Å²) in [5, 5.41) is 13.6. The van der Waals surface area contributed by atoms with Crippen LogP contribution in [0.3, 0.4) is 0 Å². The van der Waals surface area contributed by atoms with Gasteiger partial charge in [0.05, 0.1) is 10.7 Å². The Bertz CT molecular complexity index is 577. The molecule has 0 saturated heterocycles. The molecule has 0 bridgehead atoms. The lowest BCUT2D eigenvalue weighted by atomic mass is 10.2. The van der Waals surface area contributed by atoms with Crippen LogP contribution >= 0.6 is 50.1 Å². The van der Waals surface area contributed by atoms with Crippen LogP contribution in [0.1, 0.15) is 5.56 Å². The molecule has 0 spiro atoms. The predicted molar refractivity (Wildman–Crippen MR) is 87.3 cm³/mol. The molecule has 0 amide bonds. The Morgan fingerprint density at radius 1 is 1.22 bits per heavy atom. The van der Waals surface area contributed by atoms with E-state index in [1.165, 1.54) is 0 Å². The van der Waals surface area contributed by atoms with Gasteiger partial charge >= 0.3 is 0 Å². The molecule has 94 valence electrons. The van der Waals surface area contributed by atoms with Crippen LogP contribution in [0.4, 0.5) is 5.69 Å². The smallest absolute Gasteiger partial charge is 0.120 e. The van der Waals surface area contributed by atoms with Gasteiger partial charge in [0.1, 0.15) is 5.75 Å². The number of halogens is 3.